The smallest absolute Gasteiger partial charge is 0.328 e. The van der Waals surface area contributed by atoms with E-state index in [1.54, 1.807) is 11.0 Å². The number of hydrogen-bond donors (Lipinski definition) is 5. The Labute approximate surface area is 312 Å². The number of phenolic OH excluding ortho intramolecular Hbond substituents is 1. The van der Waals surface area contributed by atoms with Crippen LogP contribution in [0.2, 0.25) is 0 Å². The van der Waals surface area contributed by atoms with Crippen molar-refractivity contribution >= 4 is 63.7 Å². The molecule has 1 heterocycles. The Morgan fingerprint density at radius 1 is 0.962 bits per heavy atom. The van der Waals surface area contributed by atoms with Gasteiger partial charge in [0.1, 0.15) is 23.0 Å². The summed E-state index contributed by atoms with van der Waals surface area (Å²) < 4.78 is 11.0. The molecule has 3 aromatic carbocycles. The average molecular weight is 753 g/mol. The van der Waals surface area contributed by atoms with Gasteiger partial charge in [0.2, 0.25) is 11.8 Å². The molecule has 0 fully saturated rings. The molecule has 4 N–H and O–H groups in total. The van der Waals surface area contributed by atoms with Crippen LogP contribution in [0.1, 0.15) is 64.0 Å². The van der Waals surface area contributed by atoms with Gasteiger partial charge in [0.25, 0.3) is 5.91 Å². The lowest BCUT2D eigenvalue weighted by Gasteiger charge is -2.34. The first-order valence-electron chi connectivity index (χ1n) is 17.1. The van der Waals surface area contributed by atoms with Crippen molar-refractivity contribution in [3.05, 3.63) is 72.3 Å². The van der Waals surface area contributed by atoms with Gasteiger partial charge in [-0.2, -0.15) is 0 Å². The number of hydrogen-bond acceptors (Lipinski definition) is 9. The molecule has 0 unspecified atom stereocenters. The summed E-state index contributed by atoms with van der Waals surface area (Å²) in [6, 6.07) is 15.6. The summed E-state index contributed by atoms with van der Waals surface area (Å²) in [6.07, 6.45) is 5.84. The number of rotatable bonds is 18. The number of thioether (sulfide) groups is 1. The van der Waals surface area contributed by atoms with Crippen LogP contribution in [0.3, 0.4) is 0 Å². The van der Waals surface area contributed by atoms with Gasteiger partial charge in [-0.25, -0.2) is 4.79 Å². The molecule has 0 saturated heterocycles. The van der Waals surface area contributed by atoms with Crippen LogP contribution in [0.4, 0.5) is 11.4 Å². The van der Waals surface area contributed by atoms with Gasteiger partial charge < -0.3 is 30.3 Å². The van der Waals surface area contributed by atoms with Gasteiger partial charge in [-0.05, 0) is 61.1 Å². The molecule has 0 spiro atoms. The van der Waals surface area contributed by atoms with Gasteiger partial charge in [0.15, 0.2) is 17.8 Å². The van der Waals surface area contributed by atoms with Crippen LogP contribution in [-0.4, -0.2) is 71.6 Å². The monoisotopic (exact) mass is 752 g/mol. The average Bonchev–Trinajstić information content (AvgIpc) is 3.22. The fourth-order valence-electron chi connectivity index (χ4n) is 5.96. The van der Waals surface area contributed by atoms with Crippen molar-refractivity contribution in [2.75, 3.05) is 31.5 Å². The highest BCUT2D eigenvalue weighted by Crippen LogP contribution is 2.51. The molecule has 279 valence electrons. The lowest BCUT2D eigenvalue weighted by atomic mass is 9.77. The number of carboxylic acids is 1. The van der Waals surface area contributed by atoms with Gasteiger partial charge >= 0.3 is 5.97 Å². The Morgan fingerprint density at radius 3 is 2.19 bits per heavy atom. The first kappa shape index (κ1) is 40.2. The molecule has 0 aromatic heterocycles. The number of thiol groups is 1. The second kappa shape index (κ2) is 18.8. The maximum Gasteiger partial charge on any atom is 0.328 e. The lowest BCUT2D eigenvalue weighted by Crippen LogP contribution is -2.49. The Kier molecular flexibility index (Phi) is 14.6. The number of nitrogens with one attached hydrogen (secondary N) is 2. The van der Waals surface area contributed by atoms with Gasteiger partial charge in [-0.1, -0.05) is 69.9 Å². The van der Waals surface area contributed by atoms with Gasteiger partial charge in [-0.3, -0.25) is 24.1 Å². The van der Waals surface area contributed by atoms with Crippen LogP contribution < -0.4 is 20.3 Å². The fraction of sp³-hybridized carbons (Fsp3) is 0.395. The van der Waals surface area contributed by atoms with E-state index in [0.29, 0.717) is 51.5 Å². The number of para-hydroxylation sites is 1. The molecular formula is C38H46N3O9S2. The number of methoxy groups -OCH3 is 1. The summed E-state index contributed by atoms with van der Waals surface area (Å²) in [5, 5.41) is 24.1. The van der Waals surface area contributed by atoms with Crippen molar-refractivity contribution in [3.8, 4) is 11.5 Å². The maximum atomic E-state index is 14.7. The standard InChI is InChI=1S/C38H46N3O9S2/c1-5-7-18-38(19-8-6-2)36(47)41(25-12-10-9-11-13-25)28-20-31(51-4)29(21-30(28)52-37(38)48)50-23-32(43)40-33(24-14-16-26(42)17-15-24)34(44)39-27(22-49-3)35(45)46/h9-17,20-21,27,33,42,52H,5-8,18-19,22-23H2,1-4H3,(H,39,44)(H,40,43)(H,45,46)/t27-,33+/m0/s1. The SMILES string of the molecule is CCCCC1(CCCC)C(=O)[SH]c2cc(OCC(=O)N[C@@H](C(=O)N[C@@H](COC)C(=O)O)c3ccc(O)cc3)c(SC)cc2N(c2ccccc2)C1=O. The molecule has 0 aliphatic carbocycles. The molecule has 2 atom stereocenters. The lowest BCUT2D eigenvalue weighted by molar-refractivity contribution is -0.143. The van der Waals surface area contributed by atoms with Crippen LogP contribution in [0.25, 0.3) is 0 Å². The summed E-state index contributed by atoms with van der Waals surface area (Å²) in [6.45, 7) is 3.25. The third-order valence-electron chi connectivity index (χ3n) is 8.77. The van der Waals surface area contributed by atoms with E-state index < -0.39 is 41.9 Å². The minimum Gasteiger partial charge on any atom is -0.508 e. The van der Waals surface area contributed by atoms with Crippen LogP contribution in [-0.2, 0) is 28.7 Å². The second-order valence-electron chi connectivity index (χ2n) is 12.4. The molecule has 1 aliphatic heterocycles. The topological polar surface area (TPSA) is 172 Å². The number of benzene rings is 3. The van der Waals surface area contributed by atoms with E-state index in [0.717, 1.165) is 25.7 Å². The number of amides is 3. The molecule has 12 nitrogen and oxygen atoms in total. The van der Waals surface area contributed by atoms with Crippen molar-refractivity contribution < 1.29 is 43.7 Å². The van der Waals surface area contributed by atoms with Crippen LogP contribution in [0.15, 0.2) is 76.5 Å². The number of unbranched alkanes of at least 4 members (excludes halogenated alkanes) is 2. The van der Waals surface area contributed by atoms with E-state index in [2.05, 4.69) is 10.6 Å². The maximum absolute atomic E-state index is 14.7. The van der Waals surface area contributed by atoms with Crippen LogP contribution in [0.5, 0.6) is 11.5 Å². The Bertz CT molecular complexity index is 1730. The number of aromatic hydroxyl groups is 1. The number of carbonyl (C=O) groups excluding carboxylic acids is 4. The molecule has 0 bridgehead atoms. The number of aliphatic carboxylic acids is 1. The zero-order valence-electron chi connectivity index (χ0n) is 29.7. The molecule has 1 aliphatic rings. The summed E-state index contributed by atoms with van der Waals surface area (Å²) >= 11 is 1.69. The molecule has 14 heteroatoms. The molecule has 52 heavy (non-hydrogen) atoms. The summed E-state index contributed by atoms with van der Waals surface area (Å²) in [4.78, 5) is 70.1. The van der Waals surface area contributed by atoms with Crippen molar-refractivity contribution in [3.63, 3.8) is 0 Å². The predicted octanol–water partition coefficient (Wildman–Crippen LogP) is 5.96. The molecule has 3 aromatic rings. The molecule has 0 saturated carbocycles. The van der Waals surface area contributed by atoms with Gasteiger partial charge in [-0.15, -0.1) is 23.5 Å². The Hall–Kier alpha value is -4.53. The zero-order chi connectivity index (χ0) is 37.8. The van der Waals surface area contributed by atoms with E-state index in [-0.39, 0.29) is 28.9 Å². The van der Waals surface area contributed by atoms with Crippen LogP contribution >= 0.6 is 23.5 Å². The van der Waals surface area contributed by atoms with Gasteiger partial charge in [0.05, 0.1) is 17.2 Å². The Balaban J connectivity index is 1.67. The Morgan fingerprint density at radius 2 is 1.62 bits per heavy atom. The second-order valence-corrected chi connectivity index (χ2v) is 14.4. The third-order valence-corrected chi connectivity index (χ3v) is 10.8. The van der Waals surface area contributed by atoms with Crippen molar-refractivity contribution in [1.29, 1.82) is 0 Å². The largest absolute Gasteiger partial charge is 0.508 e. The van der Waals surface area contributed by atoms with E-state index in [1.165, 1.54) is 43.1 Å². The minimum absolute atomic E-state index is 0.0635. The highest BCUT2D eigenvalue weighted by atomic mass is 32.2. The molecule has 4 rings (SSSR count). The number of fused-ring (bicyclic) bond motifs is 1. The van der Waals surface area contributed by atoms with Gasteiger partial charge in [0, 0.05) is 17.7 Å². The highest BCUT2D eigenvalue weighted by molar-refractivity contribution is 8.14. The normalized spacial score (nSPS) is 14.9. The quantitative estimate of drug-likeness (QED) is 0.0593. The predicted molar refractivity (Wildman–Crippen MR) is 201 cm³/mol. The minimum atomic E-state index is -1.37. The van der Waals surface area contributed by atoms with E-state index in [1.807, 2.05) is 56.5 Å². The number of carboxylic acid groups (broad SMARTS) is 1. The first-order chi connectivity index (χ1) is 25.0. The molecule has 3 amide bonds. The van der Waals surface area contributed by atoms with E-state index in [4.69, 9.17) is 9.47 Å². The van der Waals surface area contributed by atoms with Crippen molar-refractivity contribution in [2.24, 2.45) is 5.41 Å². The van der Waals surface area contributed by atoms with Crippen molar-refractivity contribution in [1.82, 2.24) is 10.6 Å². The summed E-state index contributed by atoms with van der Waals surface area (Å²) in [5.41, 5.74) is 0.300. The first-order valence-corrected chi connectivity index (χ1v) is 19.2. The number of anilines is 2. The van der Waals surface area contributed by atoms with E-state index >= 15 is 0 Å². The molecular weight excluding hydrogens is 707 g/mol. The van der Waals surface area contributed by atoms with Crippen LogP contribution in [0, 0.1) is 5.41 Å². The summed E-state index contributed by atoms with van der Waals surface area (Å²) in [7, 11) is 1.30. The molecule has 1 radical (unpaired) electrons. The third kappa shape index (κ3) is 9.46. The number of nitrogens with zero attached hydrogens (tertiary/aromatic N) is 1. The number of phenols is 1. The number of ether oxygens (including phenoxy) is 2. The van der Waals surface area contributed by atoms with E-state index in [9.17, 15) is 34.2 Å². The van der Waals surface area contributed by atoms with Crippen molar-refractivity contribution in [2.45, 2.75) is 74.2 Å². The highest BCUT2D eigenvalue weighted by Gasteiger charge is 2.50. The fourth-order valence-corrected chi connectivity index (χ4v) is 7.72. The summed E-state index contributed by atoms with van der Waals surface area (Å²) in [5.74, 6) is -2.82. The number of carbonyl (C=O) groups is 5. The zero-order valence-corrected chi connectivity index (χ0v) is 31.4.